The molecule has 0 aliphatic rings. The summed E-state index contributed by atoms with van der Waals surface area (Å²) >= 11 is 0. The Morgan fingerprint density at radius 1 is 1.15 bits per heavy atom. The van der Waals surface area contributed by atoms with Crippen molar-refractivity contribution in [3.63, 3.8) is 0 Å². The second-order valence-electron chi connectivity index (χ2n) is 7.86. The molecule has 0 aliphatic heterocycles. The molecule has 0 fully saturated rings. The van der Waals surface area contributed by atoms with Gasteiger partial charge in [-0.3, -0.25) is 0 Å². The van der Waals surface area contributed by atoms with Gasteiger partial charge in [0.2, 0.25) is 0 Å². The van der Waals surface area contributed by atoms with Crippen LogP contribution in [0.1, 0.15) is 54.9 Å². The van der Waals surface area contributed by atoms with E-state index in [-0.39, 0.29) is 17.1 Å². The minimum Gasteiger partial charge on any atom is -0.457 e. The molecule has 0 saturated heterocycles. The Kier molecular flexibility index (Phi) is 6.69. The number of hydrogen-bond acceptors (Lipinski definition) is 3. The normalized spacial score (nSPS) is 15.4. The van der Waals surface area contributed by atoms with Crippen LogP contribution in [-0.4, -0.2) is 26.0 Å². The lowest BCUT2D eigenvalue weighted by molar-refractivity contribution is -0.148. The molecule has 0 aliphatic carbocycles. The van der Waals surface area contributed by atoms with E-state index < -0.39 is 13.9 Å². The first-order valence-corrected chi connectivity index (χ1v) is 10.2. The molecule has 0 unspecified atom stereocenters. The molecule has 0 aromatic carbocycles. The molecule has 0 bridgehead atoms. The second-order valence-corrected chi connectivity index (χ2v) is 12.6. The van der Waals surface area contributed by atoms with Gasteiger partial charge in [-0.15, -0.1) is 0 Å². The fourth-order valence-corrected chi connectivity index (χ4v) is 2.88. The molecule has 0 aromatic heterocycles. The van der Waals surface area contributed by atoms with E-state index >= 15 is 0 Å². The zero-order valence-corrected chi connectivity index (χ0v) is 15.7. The number of rotatable bonds is 5. The first kappa shape index (κ1) is 19.4. The largest absolute Gasteiger partial charge is 0.457 e. The third-order valence-electron chi connectivity index (χ3n) is 3.43. The molecule has 0 radical (unpaired) electrons. The van der Waals surface area contributed by atoms with Crippen molar-refractivity contribution in [1.82, 2.24) is 0 Å². The van der Waals surface area contributed by atoms with Crippen LogP contribution in [0.2, 0.25) is 18.1 Å². The van der Waals surface area contributed by atoms with Crippen molar-refractivity contribution in [3.8, 4) is 0 Å². The van der Waals surface area contributed by atoms with Crippen molar-refractivity contribution in [2.24, 2.45) is 0 Å². The molecular formula is C16H32O3Si. The van der Waals surface area contributed by atoms with E-state index in [1.807, 2.05) is 26.8 Å². The van der Waals surface area contributed by atoms with Gasteiger partial charge in [-0.1, -0.05) is 26.8 Å². The van der Waals surface area contributed by atoms with Crippen molar-refractivity contribution in [2.75, 3.05) is 0 Å². The number of carbonyl (C=O) groups is 1. The predicted molar refractivity (Wildman–Crippen MR) is 87.3 cm³/mol. The number of ether oxygens (including phenoxy) is 1. The summed E-state index contributed by atoms with van der Waals surface area (Å²) in [5.41, 5.74) is -0.440. The SMILES string of the molecule is C[C@H](CC=CC(=O)OC(C)(C)C)O[Si](C)(C)C(C)(C)C. The van der Waals surface area contributed by atoms with E-state index in [9.17, 15) is 4.79 Å². The minimum absolute atomic E-state index is 0.120. The molecule has 0 amide bonds. The third-order valence-corrected chi connectivity index (χ3v) is 8.03. The van der Waals surface area contributed by atoms with Crippen LogP contribution in [0.5, 0.6) is 0 Å². The van der Waals surface area contributed by atoms with Crippen LogP contribution in [0.25, 0.3) is 0 Å². The van der Waals surface area contributed by atoms with Gasteiger partial charge in [-0.25, -0.2) is 4.79 Å². The summed E-state index contributed by atoms with van der Waals surface area (Å²) in [6.07, 6.45) is 4.18. The standard InChI is InChI=1S/C16H32O3Si/c1-13(19-20(8,9)16(5,6)7)11-10-12-14(17)18-15(2,3)4/h10,12-13H,11H2,1-9H3/t13-/m1/s1. The quantitative estimate of drug-likeness (QED) is 0.420. The Labute approximate surface area is 125 Å². The molecular weight excluding hydrogens is 268 g/mol. The molecule has 1 atom stereocenters. The van der Waals surface area contributed by atoms with E-state index in [1.165, 1.54) is 6.08 Å². The summed E-state index contributed by atoms with van der Waals surface area (Å²) in [7, 11) is -1.73. The van der Waals surface area contributed by atoms with E-state index in [0.717, 1.165) is 6.42 Å². The Balaban J connectivity index is 4.31. The predicted octanol–water partition coefficient (Wildman–Crippen LogP) is 4.68. The highest BCUT2D eigenvalue weighted by molar-refractivity contribution is 6.74. The van der Waals surface area contributed by atoms with Crippen molar-refractivity contribution >= 4 is 14.3 Å². The van der Waals surface area contributed by atoms with Crippen LogP contribution in [0.3, 0.4) is 0 Å². The van der Waals surface area contributed by atoms with Gasteiger partial charge < -0.3 is 9.16 Å². The van der Waals surface area contributed by atoms with Crippen LogP contribution in [0.4, 0.5) is 0 Å². The van der Waals surface area contributed by atoms with Crippen LogP contribution in [0.15, 0.2) is 12.2 Å². The van der Waals surface area contributed by atoms with Gasteiger partial charge in [0.15, 0.2) is 8.32 Å². The lowest BCUT2D eigenvalue weighted by atomic mass is 10.2. The highest BCUT2D eigenvalue weighted by Gasteiger charge is 2.38. The Morgan fingerprint density at radius 2 is 1.65 bits per heavy atom. The molecule has 0 heterocycles. The Bertz CT molecular complexity index is 346. The van der Waals surface area contributed by atoms with E-state index in [0.29, 0.717) is 0 Å². The average molecular weight is 301 g/mol. The topological polar surface area (TPSA) is 35.5 Å². The summed E-state index contributed by atoms with van der Waals surface area (Å²) < 4.78 is 11.4. The molecule has 4 heteroatoms. The van der Waals surface area contributed by atoms with Crippen molar-refractivity contribution in [2.45, 2.75) is 84.7 Å². The summed E-state index contributed by atoms with van der Waals surface area (Å²) in [6, 6.07) is 0. The Morgan fingerprint density at radius 3 is 2.05 bits per heavy atom. The van der Waals surface area contributed by atoms with Gasteiger partial charge in [0, 0.05) is 12.2 Å². The second kappa shape index (κ2) is 6.90. The molecule has 0 saturated carbocycles. The minimum atomic E-state index is -1.73. The zero-order chi connectivity index (χ0) is 16.2. The number of esters is 1. The van der Waals surface area contributed by atoms with E-state index in [2.05, 4.69) is 40.8 Å². The lowest BCUT2D eigenvalue weighted by Crippen LogP contribution is -2.43. The molecule has 118 valence electrons. The average Bonchev–Trinajstić information content (AvgIpc) is 2.11. The van der Waals surface area contributed by atoms with Crippen LogP contribution in [-0.2, 0) is 14.0 Å². The first-order chi connectivity index (χ1) is 8.74. The molecule has 3 nitrogen and oxygen atoms in total. The molecule has 0 spiro atoms. The van der Waals surface area contributed by atoms with Crippen molar-refractivity contribution < 1.29 is 14.0 Å². The molecule has 0 aromatic rings. The van der Waals surface area contributed by atoms with Gasteiger partial charge in [-0.2, -0.15) is 0 Å². The van der Waals surface area contributed by atoms with Gasteiger partial charge in [-0.05, 0) is 52.2 Å². The molecule has 20 heavy (non-hydrogen) atoms. The van der Waals surface area contributed by atoms with Crippen LogP contribution < -0.4 is 0 Å². The Hall–Kier alpha value is -0.613. The van der Waals surface area contributed by atoms with Gasteiger partial charge in [0.25, 0.3) is 0 Å². The monoisotopic (exact) mass is 300 g/mol. The highest BCUT2D eigenvalue weighted by Crippen LogP contribution is 2.37. The maximum Gasteiger partial charge on any atom is 0.330 e. The van der Waals surface area contributed by atoms with Gasteiger partial charge in [0.05, 0.1) is 0 Å². The number of carbonyl (C=O) groups excluding carboxylic acids is 1. The lowest BCUT2D eigenvalue weighted by Gasteiger charge is -2.38. The van der Waals surface area contributed by atoms with Gasteiger partial charge >= 0.3 is 5.97 Å². The summed E-state index contributed by atoms with van der Waals surface area (Å²) in [5.74, 6) is -0.294. The van der Waals surface area contributed by atoms with Crippen LogP contribution in [0, 0.1) is 0 Å². The third kappa shape index (κ3) is 7.85. The number of hydrogen-bond donors (Lipinski definition) is 0. The maximum absolute atomic E-state index is 11.5. The van der Waals surface area contributed by atoms with Crippen molar-refractivity contribution in [1.29, 1.82) is 0 Å². The van der Waals surface area contributed by atoms with E-state index in [4.69, 9.17) is 9.16 Å². The van der Waals surface area contributed by atoms with Crippen LogP contribution >= 0.6 is 0 Å². The summed E-state index contributed by atoms with van der Waals surface area (Å²) in [6.45, 7) is 18.8. The summed E-state index contributed by atoms with van der Waals surface area (Å²) in [5, 5.41) is 0.205. The molecule has 0 rings (SSSR count). The highest BCUT2D eigenvalue weighted by atomic mass is 28.4. The van der Waals surface area contributed by atoms with Gasteiger partial charge in [0.1, 0.15) is 5.60 Å². The first-order valence-electron chi connectivity index (χ1n) is 7.32. The fourth-order valence-electron chi connectivity index (χ4n) is 1.42. The zero-order valence-electron chi connectivity index (χ0n) is 14.7. The smallest absolute Gasteiger partial charge is 0.330 e. The molecule has 0 N–H and O–H groups in total. The fraction of sp³-hybridized carbons (Fsp3) is 0.812. The van der Waals surface area contributed by atoms with E-state index in [1.54, 1.807) is 0 Å². The summed E-state index contributed by atoms with van der Waals surface area (Å²) in [4.78, 5) is 11.5. The maximum atomic E-state index is 11.5. The van der Waals surface area contributed by atoms with Crippen molar-refractivity contribution in [3.05, 3.63) is 12.2 Å².